The van der Waals surface area contributed by atoms with Gasteiger partial charge in [0.25, 0.3) is 0 Å². The molecule has 3 heteroatoms. The molecule has 0 aliphatic heterocycles. The van der Waals surface area contributed by atoms with Gasteiger partial charge < -0.3 is 10.1 Å². The van der Waals surface area contributed by atoms with Crippen molar-refractivity contribution in [2.45, 2.75) is 33.8 Å². The number of nitrogens with zero attached hydrogens (tertiary/aromatic N) is 1. The lowest BCUT2D eigenvalue weighted by Crippen LogP contribution is -2.05. The highest BCUT2D eigenvalue weighted by atomic mass is 16.5. The van der Waals surface area contributed by atoms with Crippen LogP contribution in [0.15, 0.2) is 18.3 Å². The van der Waals surface area contributed by atoms with Gasteiger partial charge in [-0.1, -0.05) is 19.9 Å². The molecule has 0 atom stereocenters. The monoisotopic (exact) mass is 222 g/mol. The zero-order valence-corrected chi connectivity index (χ0v) is 10.5. The molecule has 16 heavy (non-hydrogen) atoms. The molecule has 1 heterocycles. The van der Waals surface area contributed by atoms with Gasteiger partial charge in [-0.25, -0.2) is 4.98 Å². The van der Waals surface area contributed by atoms with Crippen LogP contribution in [0.25, 0.3) is 0 Å². The Morgan fingerprint density at radius 2 is 2.25 bits per heavy atom. The third kappa shape index (κ3) is 4.62. The van der Waals surface area contributed by atoms with Gasteiger partial charge in [0.2, 0.25) is 0 Å². The summed E-state index contributed by atoms with van der Waals surface area (Å²) in [6.07, 6.45) is 2.91. The highest BCUT2D eigenvalue weighted by Gasteiger charge is 2.02. The average Bonchev–Trinajstić information content (AvgIpc) is 2.26. The summed E-state index contributed by atoms with van der Waals surface area (Å²) in [5, 5.41) is 3.23. The molecule has 1 aromatic rings. The highest BCUT2D eigenvalue weighted by molar-refractivity contribution is 5.42. The van der Waals surface area contributed by atoms with Gasteiger partial charge in [-0.05, 0) is 25.3 Å². The minimum Gasteiger partial charge on any atom is -0.377 e. The van der Waals surface area contributed by atoms with Gasteiger partial charge >= 0.3 is 0 Å². The molecule has 0 radical (unpaired) electrons. The van der Waals surface area contributed by atoms with Gasteiger partial charge in [0, 0.05) is 24.9 Å². The Balaban J connectivity index is 2.40. The predicted molar refractivity (Wildman–Crippen MR) is 67.5 cm³/mol. The zero-order valence-electron chi connectivity index (χ0n) is 10.5. The van der Waals surface area contributed by atoms with Gasteiger partial charge in [-0.2, -0.15) is 0 Å². The fraction of sp³-hybridized carbons (Fsp3) is 0.615. The molecule has 3 nitrogen and oxygen atoms in total. The maximum absolute atomic E-state index is 5.64. The van der Waals surface area contributed by atoms with E-state index < -0.39 is 0 Å². The van der Waals surface area contributed by atoms with Crippen LogP contribution in [0.3, 0.4) is 0 Å². The number of anilines is 1. The third-order valence-electron chi connectivity index (χ3n) is 2.33. The number of rotatable bonds is 7. The molecule has 1 N–H and O–H groups in total. The molecule has 0 fully saturated rings. The summed E-state index contributed by atoms with van der Waals surface area (Å²) in [5.74, 6) is 1.64. The Bertz CT molecular complexity index is 300. The summed E-state index contributed by atoms with van der Waals surface area (Å²) in [5.41, 5.74) is 1.13. The molecule has 0 saturated heterocycles. The summed E-state index contributed by atoms with van der Waals surface area (Å²) in [7, 11) is 0. The van der Waals surface area contributed by atoms with Crippen LogP contribution in [-0.2, 0) is 11.3 Å². The van der Waals surface area contributed by atoms with Gasteiger partial charge in [0.15, 0.2) is 0 Å². The fourth-order valence-corrected chi connectivity index (χ4v) is 1.38. The smallest absolute Gasteiger partial charge is 0.131 e. The van der Waals surface area contributed by atoms with Crippen LogP contribution < -0.4 is 5.32 Å². The Labute approximate surface area is 98.2 Å². The molecule has 0 bridgehead atoms. The summed E-state index contributed by atoms with van der Waals surface area (Å²) in [4.78, 5) is 4.29. The predicted octanol–water partition coefficient (Wildman–Crippen LogP) is 3.08. The van der Waals surface area contributed by atoms with E-state index in [0.29, 0.717) is 12.5 Å². The number of pyridine rings is 1. The fourth-order valence-electron chi connectivity index (χ4n) is 1.38. The SMILES string of the molecule is CCNc1ncccc1COCCC(C)C. The summed E-state index contributed by atoms with van der Waals surface area (Å²) in [6, 6.07) is 4.00. The van der Waals surface area contributed by atoms with Crippen molar-refractivity contribution >= 4 is 5.82 Å². The first kappa shape index (κ1) is 13.0. The van der Waals surface area contributed by atoms with Crippen molar-refractivity contribution in [1.82, 2.24) is 4.98 Å². The summed E-state index contributed by atoms with van der Waals surface area (Å²) in [6.45, 7) is 8.82. The Morgan fingerprint density at radius 3 is 2.94 bits per heavy atom. The number of aromatic nitrogens is 1. The molecule has 90 valence electrons. The van der Waals surface area contributed by atoms with Crippen LogP contribution in [0.4, 0.5) is 5.82 Å². The Kier molecular flexibility index (Phi) is 5.86. The van der Waals surface area contributed by atoms with Crippen LogP contribution in [0, 0.1) is 5.92 Å². The zero-order chi connectivity index (χ0) is 11.8. The van der Waals surface area contributed by atoms with E-state index >= 15 is 0 Å². The van der Waals surface area contributed by atoms with Crippen LogP contribution in [-0.4, -0.2) is 18.1 Å². The van der Waals surface area contributed by atoms with Crippen LogP contribution in [0.1, 0.15) is 32.8 Å². The largest absolute Gasteiger partial charge is 0.377 e. The van der Waals surface area contributed by atoms with Crippen molar-refractivity contribution in [3.63, 3.8) is 0 Å². The van der Waals surface area contributed by atoms with Crippen molar-refractivity contribution in [2.24, 2.45) is 5.92 Å². The Morgan fingerprint density at radius 1 is 1.44 bits per heavy atom. The molecule has 0 aromatic carbocycles. The molecule has 1 aromatic heterocycles. The van der Waals surface area contributed by atoms with Gasteiger partial charge in [-0.15, -0.1) is 0 Å². The van der Waals surface area contributed by atoms with E-state index in [1.807, 2.05) is 6.07 Å². The molecule has 0 aliphatic rings. The first-order chi connectivity index (χ1) is 7.74. The molecule has 0 aliphatic carbocycles. The second kappa shape index (κ2) is 7.23. The summed E-state index contributed by atoms with van der Waals surface area (Å²) < 4.78 is 5.64. The van der Waals surface area contributed by atoms with Gasteiger partial charge in [0.1, 0.15) is 5.82 Å². The van der Waals surface area contributed by atoms with Crippen LogP contribution in [0.2, 0.25) is 0 Å². The molecule has 0 saturated carbocycles. The average molecular weight is 222 g/mol. The molecule has 0 unspecified atom stereocenters. The maximum Gasteiger partial charge on any atom is 0.131 e. The van der Waals surface area contributed by atoms with Gasteiger partial charge in [-0.3, -0.25) is 0 Å². The molecule has 0 amide bonds. The minimum atomic E-state index is 0.642. The highest BCUT2D eigenvalue weighted by Crippen LogP contribution is 2.12. The van der Waals surface area contributed by atoms with Crippen LogP contribution >= 0.6 is 0 Å². The number of ether oxygens (including phenoxy) is 1. The lowest BCUT2D eigenvalue weighted by molar-refractivity contribution is 0.111. The van der Waals surface area contributed by atoms with E-state index in [9.17, 15) is 0 Å². The molecule has 1 rings (SSSR count). The van der Waals surface area contributed by atoms with Crippen molar-refractivity contribution in [1.29, 1.82) is 0 Å². The molecular weight excluding hydrogens is 200 g/mol. The normalized spacial score (nSPS) is 10.8. The first-order valence-corrected chi connectivity index (χ1v) is 5.99. The van der Waals surface area contributed by atoms with E-state index in [4.69, 9.17) is 4.74 Å². The molecular formula is C13H22N2O. The lowest BCUT2D eigenvalue weighted by atomic mass is 10.1. The third-order valence-corrected chi connectivity index (χ3v) is 2.33. The molecule has 0 spiro atoms. The van der Waals surface area contributed by atoms with E-state index in [0.717, 1.165) is 31.0 Å². The maximum atomic E-state index is 5.64. The summed E-state index contributed by atoms with van der Waals surface area (Å²) >= 11 is 0. The first-order valence-electron chi connectivity index (χ1n) is 5.99. The topological polar surface area (TPSA) is 34.2 Å². The van der Waals surface area contributed by atoms with E-state index in [1.54, 1.807) is 6.20 Å². The lowest BCUT2D eigenvalue weighted by Gasteiger charge is -2.10. The van der Waals surface area contributed by atoms with E-state index in [1.165, 1.54) is 0 Å². The van der Waals surface area contributed by atoms with Crippen molar-refractivity contribution < 1.29 is 4.74 Å². The standard InChI is InChI=1S/C13H22N2O/c1-4-14-13-12(6-5-8-15-13)10-16-9-7-11(2)3/h5-6,8,11H,4,7,9-10H2,1-3H3,(H,14,15). The second-order valence-electron chi connectivity index (χ2n) is 4.28. The number of hydrogen-bond donors (Lipinski definition) is 1. The van der Waals surface area contributed by atoms with E-state index in [-0.39, 0.29) is 0 Å². The quantitative estimate of drug-likeness (QED) is 0.720. The van der Waals surface area contributed by atoms with Crippen molar-refractivity contribution in [2.75, 3.05) is 18.5 Å². The van der Waals surface area contributed by atoms with Crippen molar-refractivity contribution in [3.8, 4) is 0 Å². The number of hydrogen-bond acceptors (Lipinski definition) is 3. The van der Waals surface area contributed by atoms with Crippen LogP contribution in [0.5, 0.6) is 0 Å². The second-order valence-corrected chi connectivity index (χ2v) is 4.28. The van der Waals surface area contributed by atoms with E-state index in [2.05, 4.69) is 37.1 Å². The van der Waals surface area contributed by atoms with Crippen molar-refractivity contribution in [3.05, 3.63) is 23.9 Å². The minimum absolute atomic E-state index is 0.642. The number of nitrogens with one attached hydrogen (secondary N) is 1. The van der Waals surface area contributed by atoms with Gasteiger partial charge in [0.05, 0.1) is 6.61 Å². The Hall–Kier alpha value is -1.09.